The monoisotopic (exact) mass is 249 g/mol. The lowest BCUT2D eigenvalue weighted by Crippen LogP contribution is -2.06. The number of nitrogens with zero attached hydrogens (tertiary/aromatic N) is 4. The fraction of sp³-hybridized carbons (Fsp3) is 0.364. The fourth-order valence-corrected chi connectivity index (χ4v) is 1.55. The van der Waals surface area contributed by atoms with Gasteiger partial charge in [-0.1, -0.05) is 11.2 Å². The van der Waals surface area contributed by atoms with Crippen LogP contribution < -0.4 is 14.8 Å². The average Bonchev–Trinajstić information content (AvgIpc) is 2.81. The molecule has 0 bridgehead atoms. The van der Waals surface area contributed by atoms with Crippen LogP contribution in [0.4, 0.5) is 5.95 Å². The second-order valence-corrected chi connectivity index (χ2v) is 3.67. The molecule has 0 aliphatic heterocycles. The third kappa shape index (κ3) is 2.50. The third-order valence-electron chi connectivity index (χ3n) is 2.52. The largest absolute Gasteiger partial charge is 0.493 e. The number of ether oxygens (including phenoxy) is 2. The van der Waals surface area contributed by atoms with Gasteiger partial charge >= 0.3 is 0 Å². The average molecular weight is 249 g/mol. The first kappa shape index (κ1) is 12.2. The summed E-state index contributed by atoms with van der Waals surface area (Å²) in [6.07, 6.45) is 0. The van der Waals surface area contributed by atoms with Crippen molar-refractivity contribution in [2.24, 2.45) is 7.05 Å². The summed E-state index contributed by atoms with van der Waals surface area (Å²) in [5, 5.41) is 14.3. The van der Waals surface area contributed by atoms with Gasteiger partial charge in [0.1, 0.15) is 0 Å². The van der Waals surface area contributed by atoms with Crippen LogP contribution in [-0.2, 0) is 13.6 Å². The molecule has 0 aliphatic carbocycles. The van der Waals surface area contributed by atoms with E-state index >= 15 is 0 Å². The Hall–Kier alpha value is -2.31. The minimum absolute atomic E-state index is 0.606. The topological polar surface area (TPSA) is 74.1 Å². The molecular formula is C11H15N5O2. The highest BCUT2D eigenvalue weighted by Crippen LogP contribution is 2.27. The van der Waals surface area contributed by atoms with Crippen molar-refractivity contribution in [3.63, 3.8) is 0 Å². The molecule has 96 valence electrons. The van der Waals surface area contributed by atoms with E-state index in [1.807, 2.05) is 18.2 Å². The highest BCUT2D eigenvalue weighted by molar-refractivity contribution is 5.43. The molecule has 1 aromatic carbocycles. The van der Waals surface area contributed by atoms with Crippen LogP contribution in [-0.4, -0.2) is 34.4 Å². The number of benzene rings is 1. The van der Waals surface area contributed by atoms with Crippen molar-refractivity contribution >= 4 is 5.95 Å². The summed E-state index contributed by atoms with van der Waals surface area (Å²) in [6.45, 7) is 0.606. The van der Waals surface area contributed by atoms with E-state index in [4.69, 9.17) is 9.47 Å². The van der Waals surface area contributed by atoms with E-state index in [0.717, 1.165) is 5.56 Å². The summed E-state index contributed by atoms with van der Waals surface area (Å²) in [5.74, 6) is 2.03. The van der Waals surface area contributed by atoms with Gasteiger partial charge in [0.15, 0.2) is 11.5 Å². The van der Waals surface area contributed by atoms with Gasteiger partial charge in [0, 0.05) is 13.6 Å². The van der Waals surface area contributed by atoms with Crippen molar-refractivity contribution in [3.8, 4) is 11.5 Å². The summed E-state index contributed by atoms with van der Waals surface area (Å²) in [4.78, 5) is 0. The van der Waals surface area contributed by atoms with Crippen LogP contribution in [0, 0.1) is 0 Å². The number of hydrogen-bond donors (Lipinski definition) is 1. The van der Waals surface area contributed by atoms with Gasteiger partial charge in [-0.15, -0.1) is 0 Å². The molecular weight excluding hydrogens is 234 g/mol. The van der Waals surface area contributed by atoms with Crippen LogP contribution in [0.3, 0.4) is 0 Å². The molecule has 0 unspecified atom stereocenters. The molecule has 1 aromatic heterocycles. The fourth-order valence-electron chi connectivity index (χ4n) is 1.55. The third-order valence-corrected chi connectivity index (χ3v) is 2.52. The zero-order valence-corrected chi connectivity index (χ0v) is 10.5. The van der Waals surface area contributed by atoms with Crippen molar-refractivity contribution < 1.29 is 9.47 Å². The van der Waals surface area contributed by atoms with Crippen LogP contribution in [0.15, 0.2) is 18.2 Å². The maximum Gasteiger partial charge on any atom is 0.242 e. The molecule has 0 fully saturated rings. The minimum atomic E-state index is 0.606. The Labute approximate surface area is 105 Å². The number of aryl methyl sites for hydroxylation is 1. The molecule has 0 amide bonds. The van der Waals surface area contributed by atoms with E-state index in [2.05, 4.69) is 20.8 Å². The number of aromatic nitrogens is 4. The minimum Gasteiger partial charge on any atom is -0.493 e. The number of methoxy groups -OCH3 is 2. The Morgan fingerprint density at radius 3 is 2.61 bits per heavy atom. The van der Waals surface area contributed by atoms with Gasteiger partial charge in [0.25, 0.3) is 0 Å². The van der Waals surface area contributed by atoms with Gasteiger partial charge in [-0.3, -0.25) is 0 Å². The molecule has 0 radical (unpaired) electrons. The van der Waals surface area contributed by atoms with Gasteiger partial charge in [-0.2, -0.15) is 0 Å². The molecule has 0 saturated heterocycles. The van der Waals surface area contributed by atoms with Gasteiger partial charge in [-0.25, -0.2) is 4.68 Å². The van der Waals surface area contributed by atoms with Gasteiger partial charge in [0.05, 0.1) is 14.2 Å². The van der Waals surface area contributed by atoms with Crippen molar-refractivity contribution in [2.75, 3.05) is 19.5 Å². The summed E-state index contributed by atoms with van der Waals surface area (Å²) in [6, 6.07) is 5.73. The first-order valence-corrected chi connectivity index (χ1v) is 5.41. The predicted octanol–water partition coefficient (Wildman–Crippen LogP) is 0.839. The van der Waals surface area contributed by atoms with Crippen molar-refractivity contribution in [1.29, 1.82) is 0 Å². The van der Waals surface area contributed by atoms with Crippen molar-refractivity contribution in [3.05, 3.63) is 23.8 Å². The van der Waals surface area contributed by atoms with Crippen LogP contribution in [0.1, 0.15) is 5.56 Å². The molecule has 1 heterocycles. The number of rotatable bonds is 5. The van der Waals surface area contributed by atoms with Crippen LogP contribution in [0.25, 0.3) is 0 Å². The SMILES string of the molecule is COc1ccc(CNc2nnnn2C)cc1OC. The van der Waals surface area contributed by atoms with Crippen LogP contribution in [0.5, 0.6) is 11.5 Å². The predicted molar refractivity (Wildman–Crippen MR) is 65.7 cm³/mol. The van der Waals surface area contributed by atoms with E-state index in [9.17, 15) is 0 Å². The summed E-state index contributed by atoms with van der Waals surface area (Å²) >= 11 is 0. The molecule has 0 aliphatic rings. The molecule has 2 aromatic rings. The quantitative estimate of drug-likeness (QED) is 0.846. The van der Waals surface area contributed by atoms with Gasteiger partial charge < -0.3 is 14.8 Å². The first-order valence-electron chi connectivity index (χ1n) is 5.41. The molecule has 7 heteroatoms. The van der Waals surface area contributed by atoms with E-state index in [1.54, 1.807) is 25.9 Å². The lowest BCUT2D eigenvalue weighted by Gasteiger charge is -2.10. The smallest absolute Gasteiger partial charge is 0.242 e. The van der Waals surface area contributed by atoms with Crippen LogP contribution >= 0.6 is 0 Å². The van der Waals surface area contributed by atoms with Gasteiger partial charge in [0.2, 0.25) is 5.95 Å². The number of tetrazole rings is 1. The Kier molecular flexibility index (Phi) is 3.61. The van der Waals surface area contributed by atoms with E-state index in [-0.39, 0.29) is 0 Å². The zero-order valence-electron chi connectivity index (χ0n) is 10.5. The summed E-state index contributed by atoms with van der Waals surface area (Å²) in [7, 11) is 5.00. The van der Waals surface area contributed by atoms with Gasteiger partial charge in [-0.05, 0) is 28.1 Å². The highest BCUT2D eigenvalue weighted by Gasteiger charge is 2.05. The summed E-state index contributed by atoms with van der Waals surface area (Å²) < 4.78 is 12.0. The zero-order chi connectivity index (χ0) is 13.0. The Morgan fingerprint density at radius 2 is 2.00 bits per heavy atom. The maximum absolute atomic E-state index is 5.24. The normalized spacial score (nSPS) is 10.2. The molecule has 2 rings (SSSR count). The maximum atomic E-state index is 5.24. The van der Waals surface area contributed by atoms with Crippen LogP contribution in [0.2, 0.25) is 0 Å². The Morgan fingerprint density at radius 1 is 1.22 bits per heavy atom. The molecule has 0 atom stereocenters. The molecule has 1 N–H and O–H groups in total. The molecule has 18 heavy (non-hydrogen) atoms. The lowest BCUT2D eigenvalue weighted by molar-refractivity contribution is 0.354. The summed E-state index contributed by atoms with van der Waals surface area (Å²) in [5.41, 5.74) is 1.05. The highest BCUT2D eigenvalue weighted by atomic mass is 16.5. The van der Waals surface area contributed by atoms with E-state index < -0.39 is 0 Å². The second kappa shape index (κ2) is 5.35. The number of anilines is 1. The van der Waals surface area contributed by atoms with Crippen molar-refractivity contribution in [2.45, 2.75) is 6.54 Å². The lowest BCUT2D eigenvalue weighted by atomic mass is 10.2. The Bertz CT molecular complexity index is 526. The molecule has 0 spiro atoms. The van der Waals surface area contributed by atoms with E-state index in [1.165, 1.54) is 0 Å². The standard InChI is InChI=1S/C11H15N5O2/c1-16-11(13-14-15-16)12-7-8-4-5-9(17-2)10(6-8)18-3/h4-6H,7H2,1-3H3,(H,12,13,15). The van der Waals surface area contributed by atoms with E-state index in [0.29, 0.717) is 24.0 Å². The van der Waals surface area contributed by atoms with Crippen molar-refractivity contribution in [1.82, 2.24) is 20.2 Å². The Balaban J connectivity index is 2.08. The number of hydrogen-bond acceptors (Lipinski definition) is 6. The first-order chi connectivity index (χ1) is 8.74. The second-order valence-electron chi connectivity index (χ2n) is 3.67. The molecule has 7 nitrogen and oxygen atoms in total. The number of nitrogens with one attached hydrogen (secondary N) is 1. The molecule has 0 saturated carbocycles.